The van der Waals surface area contributed by atoms with Crippen molar-refractivity contribution in [1.29, 1.82) is 0 Å². The van der Waals surface area contributed by atoms with E-state index >= 15 is 0 Å². The minimum absolute atomic E-state index is 0.0238. The number of rotatable bonds is 11. The van der Waals surface area contributed by atoms with Gasteiger partial charge in [0.05, 0.1) is 18.3 Å². The highest BCUT2D eigenvalue weighted by Gasteiger charge is 2.20. The Morgan fingerprint density at radius 1 is 1.02 bits per heavy atom. The van der Waals surface area contributed by atoms with Gasteiger partial charge in [0.1, 0.15) is 12.4 Å². The molecule has 4 aromatic rings. The molecule has 1 N–H and O–H groups in total. The molecule has 1 aliphatic heterocycles. The van der Waals surface area contributed by atoms with E-state index in [4.69, 9.17) is 24.4 Å². The van der Waals surface area contributed by atoms with Crippen LogP contribution in [-0.2, 0) is 14.3 Å². The van der Waals surface area contributed by atoms with Crippen LogP contribution in [-0.4, -0.2) is 47.8 Å². The number of aromatic nitrogens is 2. The molecule has 41 heavy (non-hydrogen) atoms. The fourth-order valence-electron chi connectivity index (χ4n) is 5.32. The monoisotopic (exact) mass is 552 g/mol. The predicted octanol–water partition coefficient (Wildman–Crippen LogP) is 7.23. The summed E-state index contributed by atoms with van der Waals surface area (Å²) in [5, 5.41) is 14.8. The molecule has 2 heterocycles. The van der Waals surface area contributed by atoms with E-state index in [2.05, 4.69) is 49.4 Å². The number of benzene rings is 3. The van der Waals surface area contributed by atoms with Crippen molar-refractivity contribution in [2.24, 2.45) is 0 Å². The molecule has 1 fully saturated rings. The molecule has 7 heteroatoms. The Hall–Kier alpha value is -4.20. The summed E-state index contributed by atoms with van der Waals surface area (Å²) < 4.78 is 18.9. The Bertz CT molecular complexity index is 1530. The molecular weight excluding hydrogens is 516 g/mol. The van der Waals surface area contributed by atoms with Gasteiger partial charge >= 0.3 is 5.97 Å². The van der Waals surface area contributed by atoms with Gasteiger partial charge in [-0.25, -0.2) is 9.48 Å². The predicted molar refractivity (Wildman–Crippen MR) is 162 cm³/mol. The van der Waals surface area contributed by atoms with Gasteiger partial charge in [0.2, 0.25) is 0 Å². The Kier molecular flexibility index (Phi) is 9.29. The third kappa shape index (κ3) is 6.76. The molecule has 212 valence electrons. The summed E-state index contributed by atoms with van der Waals surface area (Å²) in [5.74, 6) is -0.166. The summed E-state index contributed by atoms with van der Waals surface area (Å²) in [5.41, 5.74) is 7.47. The van der Waals surface area contributed by atoms with Gasteiger partial charge in [-0.3, -0.25) is 0 Å². The first-order valence-corrected chi connectivity index (χ1v) is 14.1. The second-order valence-electron chi connectivity index (χ2n) is 10.1. The molecule has 1 unspecified atom stereocenters. The topological polar surface area (TPSA) is 82.8 Å². The van der Waals surface area contributed by atoms with E-state index in [9.17, 15) is 4.79 Å². The van der Waals surface area contributed by atoms with Crippen LogP contribution >= 0.6 is 0 Å². The smallest absolute Gasteiger partial charge is 0.328 e. The second kappa shape index (κ2) is 13.4. The number of methoxy groups -OCH3 is 1. The lowest BCUT2D eigenvalue weighted by Gasteiger charge is -2.23. The summed E-state index contributed by atoms with van der Waals surface area (Å²) in [6.45, 7) is 3.97. The Labute approximate surface area is 240 Å². The Morgan fingerprint density at radius 3 is 2.46 bits per heavy atom. The number of hydrogen-bond donors (Lipinski definition) is 1. The normalized spacial score (nSPS) is 16.2. The molecule has 0 spiro atoms. The van der Waals surface area contributed by atoms with Crippen molar-refractivity contribution in [1.82, 2.24) is 9.78 Å². The zero-order chi connectivity index (χ0) is 28.6. The van der Waals surface area contributed by atoms with Crippen LogP contribution < -0.4 is 4.74 Å². The van der Waals surface area contributed by atoms with E-state index in [1.807, 2.05) is 35.1 Å². The van der Waals surface area contributed by atoms with E-state index < -0.39 is 5.97 Å². The van der Waals surface area contributed by atoms with Crippen LogP contribution in [0, 0.1) is 0 Å². The van der Waals surface area contributed by atoms with Crippen molar-refractivity contribution in [2.75, 3.05) is 26.9 Å². The number of ether oxygens (including phenoxy) is 3. The third-order valence-corrected chi connectivity index (χ3v) is 7.34. The zero-order valence-electron chi connectivity index (χ0n) is 23.6. The lowest BCUT2D eigenvalue weighted by molar-refractivity contribution is -0.131. The maximum Gasteiger partial charge on any atom is 0.328 e. The number of carboxylic acids is 1. The molecule has 1 atom stereocenters. The number of aliphatic carboxylic acids is 1. The summed E-state index contributed by atoms with van der Waals surface area (Å²) in [6, 6.07) is 22.7. The van der Waals surface area contributed by atoms with Crippen LogP contribution in [0.25, 0.3) is 28.1 Å². The van der Waals surface area contributed by atoms with Crippen LogP contribution in [0.15, 0.2) is 79.0 Å². The van der Waals surface area contributed by atoms with Gasteiger partial charge in [0.15, 0.2) is 6.23 Å². The van der Waals surface area contributed by atoms with Crippen LogP contribution in [0.4, 0.5) is 0 Å². The number of fused-ring (bicyclic) bond motifs is 1. The Balaban J connectivity index is 1.57. The van der Waals surface area contributed by atoms with Gasteiger partial charge in [0, 0.05) is 25.2 Å². The molecular formula is C34H36N2O5. The van der Waals surface area contributed by atoms with Crippen molar-refractivity contribution in [3.05, 3.63) is 101 Å². The Morgan fingerprint density at radius 2 is 1.78 bits per heavy atom. The van der Waals surface area contributed by atoms with E-state index in [1.165, 1.54) is 5.57 Å². The van der Waals surface area contributed by atoms with Crippen molar-refractivity contribution in [2.45, 2.75) is 38.8 Å². The average Bonchev–Trinajstić information content (AvgIpc) is 3.43. The van der Waals surface area contributed by atoms with Gasteiger partial charge in [-0.05, 0) is 89.4 Å². The minimum Gasteiger partial charge on any atom is -0.491 e. The van der Waals surface area contributed by atoms with Crippen LogP contribution in [0.2, 0.25) is 0 Å². The van der Waals surface area contributed by atoms with Gasteiger partial charge in [-0.2, -0.15) is 5.10 Å². The van der Waals surface area contributed by atoms with Crippen molar-refractivity contribution in [3.63, 3.8) is 0 Å². The minimum atomic E-state index is -0.968. The van der Waals surface area contributed by atoms with Crippen molar-refractivity contribution >= 4 is 34.1 Å². The van der Waals surface area contributed by atoms with Gasteiger partial charge in [0.25, 0.3) is 0 Å². The van der Waals surface area contributed by atoms with E-state index in [1.54, 1.807) is 13.2 Å². The third-order valence-electron chi connectivity index (χ3n) is 7.34. The molecule has 5 rings (SSSR count). The van der Waals surface area contributed by atoms with E-state index in [0.717, 1.165) is 82.8 Å². The number of hydrogen-bond acceptors (Lipinski definition) is 5. The van der Waals surface area contributed by atoms with Crippen LogP contribution in [0.3, 0.4) is 0 Å². The molecule has 1 saturated heterocycles. The number of allylic oxidation sites excluding steroid dienone is 1. The van der Waals surface area contributed by atoms with Gasteiger partial charge in [-0.15, -0.1) is 0 Å². The fourth-order valence-corrected chi connectivity index (χ4v) is 5.32. The van der Waals surface area contributed by atoms with Gasteiger partial charge in [-0.1, -0.05) is 49.4 Å². The highest BCUT2D eigenvalue weighted by atomic mass is 16.5. The lowest BCUT2D eigenvalue weighted by Crippen LogP contribution is -2.18. The molecule has 7 nitrogen and oxygen atoms in total. The first-order chi connectivity index (χ1) is 20.1. The zero-order valence-corrected chi connectivity index (χ0v) is 23.6. The molecule has 1 aliphatic rings. The average molecular weight is 553 g/mol. The van der Waals surface area contributed by atoms with Crippen LogP contribution in [0.1, 0.15) is 61.1 Å². The number of carbonyl (C=O) groups is 1. The lowest BCUT2D eigenvalue weighted by atomic mass is 9.87. The summed E-state index contributed by atoms with van der Waals surface area (Å²) >= 11 is 0. The maximum atomic E-state index is 11.0. The fraction of sp³-hybridized carbons (Fsp3) is 0.294. The van der Waals surface area contributed by atoms with E-state index in [0.29, 0.717) is 13.2 Å². The van der Waals surface area contributed by atoms with Gasteiger partial charge < -0.3 is 19.3 Å². The maximum absolute atomic E-state index is 11.0. The second-order valence-corrected chi connectivity index (χ2v) is 10.1. The van der Waals surface area contributed by atoms with Crippen molar-refractivity contribution in [3.8, 4) is 5.75 Å². The standard InChI is InChI=1S/C34H36N2O5/c1-3-30(25-12-15-29(16-13-25)40-21-20-39-2)34(26-10-7-24(8-11-26)9-18-33(37)38)27-14-17-31-28(22-27)23-35-36(31)32-6-4-5-19-41-32/h7-18,22-23,32H,3-6,19-21H2,1-2H3,(H,37,38). The molecule has 0 amide bonds. The largest absolute Gasteiger partial charge is 0.491 e. The molecule has 3 aromatic carbocycles. The summed E-state index contributed by atoms with van der Waals surface area (Å²) in [6.07, 6.45) is 8.68. The highest BCUT2D eigenvalue weighted by Crippen LogP contribution is 2.37. The highest BCUT2D eigenvalue weighted by molar-refractivity contribution is 6.00. The molecule has 0 saturated carbocycles. The quantitative estimate of drug-likeness (QED) is 0.120. The molecule has 0 bridgehead atoms. The SMILES string of the molecule is CCC(=C(c1ccc(C=CC(=O)O)cc1)c1ccc2c(cnn2C2CCCCO2)c1)c1ccc(OCCOC)cc1. The molecule has 0 aliphatic carbocycles. The first kappa shape index (κ1) is 28.3. The van der Waals surface area contributed by atoms with Crippen LogP contribution in [0.5, 0.6) is 5.75 Å². The first-order valence-electron chi connectivity index (χ1n) is 14.1. The summed E-state index contributed by atoms with van der Waals surface area (Å²) in [4.78, 5) is 11.0. The molecule has 1 aromatic heterocycles. The molecule has 0 radical (unpaired) electrons. The number of nitrogens with zero attached hydrogens (tertiary/aromatic N) is 2. The van der Waals surface area contributed by atoms with Crippen molar-refractivity contribution < 1.29 is 24.1 Å². The summed E-state index contributed by atoms with van der Waals surface area (Å²) in [7, 11) is 1.66. The van der Waals surface area contributed by atoms with E-state index in [-0.39, 0.29) is 6.23 Å². The number of carboxylic acid groups (broad SMARTS) is 1.